The van der Waals surface area contributed by atoms with Crippen molar-refractivity contribution in [3.8, 4) is 0 Å². The first-order valence-electron chi connectivity index (χ1n) is 7.54. The predicted octanol–water partition coefficient (Wildman–Crippen LogP) is 1.50. The van der Waals surface area contributed by atoms with Crippen molar-refractivity contribution < 1.29 is 9.53 Å². The lowest BCUT2D eigenvalue weighted by atomic mass is 10.2. The Labute approximate surface area is 118 Å². The predicted molar refractivity (Wildman–Crippen MR) is 74.5 cm³/mol. The number of aryl methyl sites for hydroxylation is 2. The molecule has 0 saturated carbocycles. The van der Waals surface area contributed by atoms with Crippen LogP contribution in [-0.2, 0) is 29.0 Å². The van der Waals surface area contributed by atoms with E-state index in [-0.39, 0.29) is 11.7 Å². The fraction of sp³-hybridized carbons (Fsp3) is 0.786. The lowest BCUT2D eigenvalue weighted by molar-refractivity contribution is -0.143. The van der Waals surface area contributed by atoms with Crippen molar-refractivity contribution in [1.82, 2.24) is 14.3 Å². The molecule has 0 bridgehead atoms. The number of fused-ring (bicyclic) bond motifs is 1. The number of aromatic nitrogens is 3. The maximum atomic E-state index is 12.1. The van der Waals surface area contributed by atoms with E-state index in [0.717, 1.165) is 50.9 Å². The van der Waals surface area contributed by atoms with Crippen LogP contribution in [0.2, 0.25) is 0 Å². The number of unbranched alkanes of at least 4 members (excludes halogenated alkanes) is 2. The van der Waals surface area contributed by atoms with E-state index in [4.69, 9.17) is 4.74 Å². The van der Waals surface area contributed by atoms with E-state index in [1.165, 1.54) is 0 Å². The Bertz CT molecular complexity index is 504. The molecular formula is C14H23N3O3. The minimum atomic E-state index is -0.137. The Hall–Kier alpha value is -1.59. The van der Waals surface area contributed by atoms with Gasteiger partial charge in [-0.25, -0.2) is 9.48 Å². The monoisotopic (exact) mass is 281 g/mol. The summed E-state index contributed by atoms with van der Waals surface area (Å²) < 4.78 is 8.24. The summed E-state index contributed by atoms with van der Waals surface area (Å²) in [6.45, 7) is 3.69. The molecule has 6 nitrogen and oxygen atoms in total. The molecule has 0 atom stereocenters. The molecule has 1 aliphatic heterocycles. The first-order chi connectivity index (χ1) is 9.72. The normalized spacial score (nSPS) is 14.1. The van der Waals surface area contributed by atoms with E-state index < -0.39 is 0 Å². The van der Waals surface area contributed by atoms with Gasteiger partial charge < -0.3 is 4.74 Å². The van der Waals surface area contributed by atoms with Crippen molar-refractivity contribution in [2.75, 3.05) is 6.61 Å². The third kappa shape index (κ3) is 3.71. The molecule has 0 radical (unpaired) electrons. The fourth-order valence-electron chi connectivity index (χ4n) is 2.54. The molecule has 1 aromatic rings. The van der Waals surface area contributed by atoms with Gasteiger partial charge in [0.1, 0.15) is 5.82 Å². The van der Waals surface area contributed by atoms with Crippen molar-refractivity contribution >= 4 is 5.97 Å². The summed E-state index contributed by atoms with van der Waals surface area (Å²) in [5.74, 6) is 0.787. The molecule has 112 valence electrons. The molecule has 2 rings (SSSR count). The number of esters is 1. The highest BCUT2D eigenvalue weighted by Crippen LogP contribution is 2.10. The number of nitrogens with zero attached hydrogens (tertiary/aromatic N) is 3. The lowest BCUT2D eigenvalue weighted by Gasteiger charge is -2.09. The van der Waals surface area contributed by atoms with Gasteiger partial charge in [-0.3, -0.25) is 9.36 Å². The molecule has 1 aromatic heterocycles. The van der Waals surface area contributed by atoms with Crippen LogP contribution >= 0.6 is 0 Å². The molecule has 0 amide bonds. The number of ether oxygens (including phenoxy) is 1. The van der Waals surface area contributed by atoms with E-state index in [1.807, 2.05) is 6.92 Å². The number of carbonyl (C=O) groups excluding carboxylic acids is 1. The van der Waals surface area contributed by atoms with Gasteiger partial charge in [0.2, 0.25) is 0 Å². The first kappa shape index (κ1) is 14.8. The molecular weight excluding hydrogens is 258 g/mol. The van der Waals surface area contributed by atoms with Crippen LogP contribution < -0.4 is 5.69 Å². The smallest absolute Gasteiger partial charge is 0.345 e. The summed E-state index contributed by atoms with van der Waals surface area (Å²) in [5.41, 5.74) is 0.0186. The summed E-state index contributed by atoms with van der Waals surface area (Å²) in [6, 6.07) is 0. The van der Waals surface area contributed by atoms with E-state index in [1.54, 1.807) is 9.25 Å². The molecule has 0 unspecified atom stereocenters. The summed E-state index contributed by atoms with van der Waals surface area (Å²) >= 11 is 0. The zero-order valence-corrected chi connectivity index (χ0v) is 12.1. The van der Waals surface area contributed by atoms with Crippen LogP contribution in [0.15, 0.2) is 4.79 Å². The van der Waals surface area contributed by atoms with Gasteiger partial charge >= 0.3 is 11.7 Å². The van der Waals surface area contributed by atoms with Crippen LogP contribution in [-0.4, -0.2) is 26.9 Å². The molecule has 0 saturated heterocycles. The van der Waals surface area contributed by atoms with Crippen molar-refractivity contribution in [3.05, 3.63) is 16.3 Å². The van der Waals surface area contributed by atoms with Gasteiger partial charge in [-0.1, -0.05) is 6.42 Å². The average molecular weight is 281 g/mol. The maximum absolute atomic E-state index is 12.1. The molecule has 0 fully saturated rings. The number of rotatable bonds is 7. The zero-order valence-electron chi connectivity index (χ0n) is 12.1. The van der Waals surface area contributed by atoms with Crippen molar-refractivity contribution in [2.45, 2.75) is 65.0 Å². The second-order valence-corrected chi connectivity index (χ2v) is 5.15. The molecule has 0 aromatic carbocycles. The Morgan fingerprint density at radius 2 is 2.15 bits per heavy atom. The minimum absolute atomic E-state index is 0.0186. The van der Waals surface area contributed by atoms with Gasteiger partial charge in [-0.2, -0.15) is 5.10 Å². The molecule has 2 heterocycles. The largest absolute Gasteiger partial charge is 0.466 e. The Kier molecular flexibility index (Phi) is 5.38. The Morgan fingerprint density at radius 1 is 1.30 bits per heavy atom. The molecule has 0 N–H and O–H groups in total. The Morgan fingerprint density at radius 3 is 2.90 bits per heavy atom. The van der Waals surface area contributed by atoms with Crippen LogP contribution in [0.25, 0.3) is 0 Å². The highest BCUT2D eigenvalue weighted by molar-refractivity contribution is 5.69. The van der Waals surface area contributed by atoms with Crippen LogP contribution in [0.4, 0.5) is 0 Å². The van der Waals surface area contributed by atoms with Gasteiger partial charge in [0.25, 0.3) is 0 Å². The highest BCUT2D eigenvalue weighted by Gasteiger charge is 2.16. The van der Waals surface area contributed by atoms with Crippen LogP contribution in [0.5, 0.6) is 0 Å². The van der Waals surface area contributed by atoms with E-state index in [2.05, 4.69) is 5.10 Å². The summed E-state index contributed by atoms with van der Waals surface area (Å²) in [6.07, 6.45) is 6.14. The topological polar surface area (TPSA) is 66.1 Å². The van der Waals surface area contributed by atoms with Gasteiger partial charge in [0, 0.05) is 25.9 Å². The first-order valence-corrected chi connectivity index (χ1v) is 7.54. The van der Waals surface area contributed by atoms with Crippen molar-refractivity contribution in [2.24, 2.45) is 0 Å². The van der Waals surface area contributed by atoms with Crippen LogP contribution in [0, 0.1) is 0 Å². The number of carbonyl (C=O) groups is 1. The Balaban J connectivity index is 1.73. The minimum Gasteiger partial charge on any atom is -0.466 e. The van der Waals surface area contributed by atoms with Crippen LogP contribution in [0.1, 0.15) is 51.3 Å². The molecule has 0 aliphatic carbocycles. The second kappa shape index (κ2) is 7.26. The molecule has 6 heteroatoms. The average Bonchev–Trinajstić information content (AvgIpc) is 2.76. The SMILES string of the molecule is CCOC(=O)CCCCCn1nc2n(c1=O)CCCC2. The number of hydrogen-bond donors (Lipinski definition) is 0. The van der Waals surface area contributed by atoms with E-state index in [9.17, 15) is 9.59 Å². The number of hydrogen-bond acceptors (Lipinski definition) is 4. The molecule has 1 aliphatic rings. The molecule has 20 heavy (non-hydrogen) atoms. The summed E-state index contributed by atoms with van der Waals surface area (Å²) in [5, 5.41) is 4.39. The van der Waals surface area contributed by atoms with Gasteiger partial charge in [-0.15, -0.1) is 0 Å². The van der Waals surface area contributed by atoms with E-state index in [0.29, 0.717) is 19.6 Å². The maximum Gasteiger partial charge on any atom is 0.345 e. The van der Waals surface area contributed by atoms with Gasteiger partial charge in [0.15, 0.2) is 0 Å². The van der Waals surface area contributed by atoms with Crippen LogP contribution in [0.3, 0.4) is 0 Å². The summed E-state index contributed by atoms with van der Waals surface area (Å²) in [4.78, 5) is 23.2. The van der Waals surface area contributed by atoms with Crippen molar-refractivity contribution in [1.29, 1.82) is 0 Å². The fourth-order valence-corrected chi connectivity index (χ4v) is 2.54. The lowest BCUT2D eigenvalue weighted by Crippen LogP contribution is -2.27. The third-order valence-electron chi connectivity index (χ3n) is 3.59. The zero-order chi connectivity index (χ0) is 14.4. The second-order valence-electron chi connectivity index (χ2n) is 5.15. The van der Waals surface area contributed by atoms with Crippen molar-refractivity contribution in [3.63, 3.8) is 0 Å². The third-order valence-corrected chi connectivity index (χ3v) is 3.59. The van der Waals surface area contributed by atoms with Gasteiger partial charge in [0.05, 0.1) is 6.61 Å². The van der Waals surface area contributed by atoms with E-state index >= 15 is 0 Å². The quantitative estimate of drug-likeness (QED) is 0.561. The highest BCUT2D eigenvalue weighted by atomic mass is 16.5. The molecule has 0 spiro atoms. The summed E-state index contributed by atoms with van der Waals surface area (Å²) in [7, 11) is 0. The van der Waals surface area contributed by atoms with Gasteiger partial charge in [-0.05, 0) is 32.6 Å². The standard InChI is InChI=1S/C14H23N3O3/c1-2-20-13(18)9-4-3-6-11-17-14(19)16-10-7-5-8-12(16)15-17/h2-11H2,1H3.